The van der Waals surface area contributed by atoms with Crippen molar-refractivity contribution in [2.24, 2.45) is 0 Å². The summed E-state index contributed by atoms with van der Waals surface area (Å²) in [4.78, 5) is 0. The van der Waals surface area contributed by atoms with Crippen molar-refractivity contribution in [3.05, 3.63) is 34.6 Å². The van der Waals surface area contributed by atoms with Crippen LogP contribution in [0.4, 0.5) is 4.39 Å². The molecule has 0 spiro atoms. The quantitative estimate of drug-likeness (QED) is 0.832. The van der Waals surface area contributed by atoms with Gasteiger partial charge in [0.2, 0.25) is 0 Å². The van der Waals surface area contributed by atoms with E-state index in [1.165, 1.54) is 6.07 Å². The second kappa shape index (κ2) is 5.47. The third-order valence-corrected chi connectivity index (χ3v) is 3.04. The van der Waals surface area contributed by atoms with E-state index in [0.717, 1.165) is 12.1 Å². The average molecular weight is 230 g/mol. The van der Waals surface area contributed by atoms with Gasteiger partial charge in [-0.25, -0.2) is 4.39 Å². The van der Waals surface area contributed by atoms with Gasteiger partial charge >= 0.3 is 0 Å². The van der Waals surface area contributed by atoms with E-state index in [4.69, 9.17) is 11.6 Å². The van der Waals surface area contributed by atoms with Crippen molar-refractivity contribution in [3.8, 4) is 0 Å². The van der Waals surface area contributed by atoms with Crippen LogP contribution < -0.4 is 5.32 Å². The zero-order valence-corrected chi connectivity index (χ0v) is 10.1. The van der Waals surface area contributed by atoms with Crippen molar-refractivity contribution >= 4 is 11.6 Å². The molecule has 0 amide bonds. The third kappa shape index (κ3) is 3.18. The van der Waals surface area contributed by atoms with Crippen LogP contribution in [0.15, 0.2) is 18.2 Å². The van der Waals surface area contributed by atoms with Gasteiger partial charge in [0, 0.05) is 6.04 Å². The van der Waals surface area contributed by atoms with Crippen LogP contribution in [0.3, 0.4) is 0 Å². The predicted octanol–water partition coefficient (Wildman–Crippen LogP) is 3.58. The highest BCUT2D eigenvalue weighted by Gasteiger charge is 2.14. The molecule has 3 heteroatoms. The lowest BCUT2D eigenvalue weighted by atomic mass is 9.94. The molecule has 1 aromatic rings. The normalized spacial score (nSPS) is 15.0. The topological polar surface area (TPSA) is 12.0 Å². The average Bonchev–Trinajstić information content (AvgIpc) is 2.21. The van der Waals surface area contributed by atoms with Crippen molar-refractivity contribution in [1.29, 1.82) is 0 Å². The minimum absolute atomic E-state index is 0.197. The summed E-state index contributed by atoms with van der Waals surface area (Å²) in [5.74, 6) is -0.0354. The van der Waals surface area contributed by atoms with Gasteiger partial charge in [-0.15, -0.1) is 0 Å². The second-order valence-corrected chi connectivity index (χ2v) is 4.22. The van der Waals surface area contributed by atoms with Crippen molar-refractivity contribution in [3.63, 3.8) is 0 Å². The fraction of sp³-hybridized carbons (Fsp3) is 0.500. The molecule has 1 nitrogen and oxygen atoms in total. The zero-order valence-electron chi connectivity index (χ0n) is 9.35. The second-order valence-electron chi connectivity index (χ2n) is 3.81. The molecule has 0 bridgehead atoms. The molecule has 1 N–H and O–H groups in total. The highest BCUT2D eigenvalue weighted by molar-refractivity contribution is 6.30. The summed E-state index contributed by atoms with van der Waals surface area (Å²) < 4.78 is 13.0. The van der Waals surface area contributed by atoms with E-state index in [0.29, 0.717) is 12.0 Å². The zero-order chi connectivity index (χ0) is 11.4. The lowest BCUT2D eigenvalue weighted by molar-refractivity contribution is 0.494. The molecule has 0 aliphatic carbocycles. The van der Waals surface area contributed by atoms with E-state index >= 15 is 0 Å². The highest BCUT2D eigenvalue weighted by atomic mass is 35.5. The Hall–Kier alpha value is -0.600. The van der Waals surface area contributed by atoms with Gasteiger partial charge < -0.3 is 5.32 Å². The van der Waals surface area contributed by atoms with Crippen LogP contribution >= 0.6 is 11.6 Å². The van der Waals surface area contributed by atoms with Gasteiger partial charge in [0.15, 0.2) is 0 Å². The van der Waals surface area contributed by atoms with Crippen LogP contribution in [-0.4, -0.2) is 12.6 Å². The molecule has 2 atom stereocenters. The summed E-state index contributed by atoms with van der Waals surface area (Å²) in [7, 11) is 0. The number of rotatable bonds is 4. The summed E-state index contributed by atoms with van der Waals surface area (Å²) >= 11 is 5.74. The number of halogens is 2. The van der Waals surface area contributed by atoms with E-state index in [1.54, 1.807) is 12.1 Å². The van der Waals surface area contributed by atoms with E-state index in [2.05, 4.69) is 26.1 Å². The van der Waals surface area contributed by atoms with Gasteiger partial charge in [0.1, 0.15) is 5.82 Å². The minimum atomic E-state index is -0.358. The molecule has 0 radical (unpaired) electrons. The molecule has 1 aromatic carbocycles. The first kappa shape index (κ1) is 12.5. The smallest absolute Gasteiger partial charge is 0.141 e. The molecule has 0 aromatic heterocycles. The van der Waals surface area contributed by atoms with E-state index in [-0.39, 0.29) is 10.8 Å². The SMILES string of the molecule is CCNC(C)C(C)c1ccc(F)c(Cl)c1. The summed E-state index contributed by atoms with van der Waals surface area (Å²) in [6.45, 7) is 7.23. The lowest BCUT2D eigenvalue weighted by Crippen LogP contribution is -2.30. The minimum Gasteiger partial charge on any atom is -0.314 e. The molecular formula is C12H17ClFN. The maximum absolute atomic E-state index is 13.0. The van der Waals surface area contributed by atoms with Gasteiger partial charge in [-0.05, 0) is 37.1 Å². The Bertz CT molecular complexity index is 327. The van der Waals surface area contributed by atoms with Gasteiger partial charge in [0.25, 0.3) is 0 Å². The number of hydrogen-bond acceptors (Lipinski definition) is 1. The maximum atomic E-state index is 13.0. The van der Waals surface area contributed by atoms with Crippen molar-refractivity contribution in [2.75, 3.05) is 6.54 Å². The molecule has 0 aliphatic rings. The third-order valence-electron chi connectivity index (χ3n) is 2.75. The molecule has 1 rings (SSSR count). The standard InChI is InChI=1S/C12H17ClFN/c1-4-15-9(3)8(2)10-5-6-12(14)11(13)7-10/h5-9,15H,4H2,1-3H3. The first-order chi connectivity index (χ1) is 7.06. The Kier molecular flexibility index (Phi) is 4.55. The molecule has 0 aliphatic heterocycles. The van der Waals surface area contributed by atoms with Gasteiger partial charge in [-0.1, -0.05) is 31.5 Å². The van der Waals surface area contributed by atoms with Crippen molar-refractivity contribution in [1.82, 2.24) is 5.32 Å². The molecule has 84 valence electrons. The van der Waals surface area contributed by atoms with Crippen LogP contribution in [0, 0.1) is 5.82 Å². The number of hydrogen-bond donors (Lipinski definition) is 1. The monoisotopic (exact) mass is 229 g/mol. The van der Waals surface area contributed by atoms with Crippen molar-refractivity contribution < 1.29 is 4.39 Å². The van der Waals surface area contributed by atoms with Crippen LogP contribution in [-0.2, 0) is 0 Å². The van der Waals surface area contributed by atoms with Crippen molar-refractivity contribution in [2.45, 2.75) is 32.7 Å². The first-order valence-corrected chi connectivity index (χ1v) is 5.62. The highest BCUT2D eigenvalue weighted by Crippen LogP contribution is 2.24. The van der Waals surface area contributed by atoms with Crippen LogP contribution in [0.2, 0.25) is 5.02 Å². The predicted molar refractivity (Wildman–Crippen MR) is 63.0 cm³/mol. The lowest BCUT2D eigenvalue weighted by Gasteiger charge is -2.21. The Morgan fingerprint density at radius 1 is 1.40 bits per heavy atom. The summed E-state index contributed by atoms with van der Waals surface area (Å²) in [5.41, 5.74) is 1.06. The molecule has 0 heterocycles. The number of benzene rings is 1. The largest absolute Gasteiger partial charge is 0.314 e. The van der Waals surface area contributed by atoms with E-state index in [9.17, 15) is 4.39 Å². The molecule has 0 saturated heterocycles. The fourth-order valence-electron chi connectivity index (χ4n) is 1.58. The Labute approximate surface area is 95.6 Å². The number of nitrogens with one attached hydrogen (secondary N) is 1. The Morgan fingerprint density at radius 3 is 2.60 bits per heavy atom. The summed E-state index contributed by atoms with van der Waals surface area (Å²) in [6.07, 6.45) is 0. The summed E-state index contributed by atoms with van der Waals surface area (Å²) in [5, 5.41) is 3.54. The summed E-state index contributed by atoms with van der Waals surface area (Å²) in [6, 6.07) is 5.28. The van der Waals surface area contributed by atoms with Gasteiger partial charge in [0.05, 0.1) is 5.02 Å². The Balaban J connectivity index is 2.81. The van der Waals surface area contributed by atoms with Crippen LogP contribution in [0.25, 0.3) is 0 Å². The van der Waals surface area contributed by atoms with Crippen LogP contribution in [0.5, 0.6) is 0 Å². The van der Waals surface area contributed by atoms with Crippen LogP contribution in [0.1, 0.15) is 32.3 Å². The first-order valence-electron chi connectivity index (χ1n) is 5.24. The fourth-order valence-corrected chi connectivity index (χ4v) is 1.77. The Morgan fingerprint density at radius 2 is 2.07 bits per heavy atom. The molecule has 0 saturated carbocycles. The maximum Gasteiger partial charge on any atom is 0.141 e. The van der Waals surface area contributed by atoms with E-state index in [1.807, 2.05) is 0 Å². The molecule has 15 heavy (non-hydrogen) atoms. The van der Waals surface area contributed by atoms with Gasteiger partial charge in [-0.2, -0.15) is 0 Å². The molecular weight excluding hydrogens is 213 g/mol. The molecule has 0 fully saturated rings. The number of likely N-dealkylation sites (N-methyl/N-ethyl adjacent to an activating group) is 1. The molecule has 2 unspecified atom stereocenters. The van der Waals surface area contributed by atoms with Gasteiger partial charge in [-0.3, -0.25) is 0 Å². The van der Waals surface area contributed by atoms with E-state index < -0.39 is 0 Å².